The van der Waals surface area contributed by atoms with Crippen LogP contribution in [0.5, 0.6) is 5.75 Å². The molecule has 0 saturated carbocycles. The molecule has 0 radical (unpaired) electrons. The number of hydrogen-bond acceptors (Lipinski definition) is 7. The molecule has 7 heteroatoms. The molecular formula is C13H17N5OS. The number of phenolic OH excluding ortho intramolecular Hbond substituents is 1. The molecular weight excluding hydrogens is 274 g/mol. The molecule has 0 aliphatic rings. The highest BCUT2D eigenvalue weighted by molar-refractivity contribution is 7.99. The molecule has 1 atom stereocenters. The number of nitrogen functional groups attached to an aromatic ring is 1. The van der Waals surface area contributed by atoms with Gasteiger partial charge in [-0.25, -0.2) is 0 Å². The number of anilines is 2. The van der Waals surface area contributed by atoms with Crippen LogP contribution in [0.1, 0.15) is 18.0 Å². The van der Waals surface area contributed by atoms with Gasteiger partial charge in [0.15, 0.2) is 0 Å². The number of phenols is 1. The predicted molar refractivity (Wildman–Crippen MR) is 80.9 cm³/mol. The zero-order valence-electron chi connectivity index (χ0n) is 11.6. The van der Waals surface area contributed by atoms with Gasteiger partial charge in [-0.05, 0) is 31.2 Å². The summed E-state index contributed by atoms with van der Waals surface area (Å²) in [6.07, 6.45) is 0. The van der Waals surface area contributed by atoms with E-state index in [1.807, 2.05) is 33.2 Å². The van der Waals surface area contributed by atoms with E-state index in [9.17, 15) is 5.11 Å². The Morgan fingerprint density at radius 2 is 1.80 bits per heavy atom. The van der Waals surface area contributed by atoms with E-state index in [2.05, 4.69) is 15.0 Å². The standard InChI is InChI=1S/C13H17N5OS/c1-8(20-10-6-4-9(19)5-7-10)11-15-12(14)17-13(16-11)18(2)3/h4-8,19H,1-3H3,(H2,14,15,16,17)/t8-/m0/s1. The minimum Gasteiger partial charge on any atom is -0.508 e. The van der Waals surface area contributed by atoms with Crippen LogP contribution in [0, 0.1) is 0 Å². The van der Waals surface area contributed by atoms with Gasteiger partial charge in [-0.2, -0.15) is 15.0 Å². The van der Waals surface area contributed by atoms with Crippen LogP contribution in [0.4, 0.5) is 11.9 Å². The molecule has 0 fully saturated rings. The lowest BCUT2D eigenvalue weighted by Gasteiger charge is -2.14. The molecule has 0 bridgehead atoms. The van der Waals surface area contributed by atoms with Crippen LogP contribution in [0.2, 0.25) is 0 Å². The smallest absolute Gasteiger partial charge is 0.229 e. The molecule has 106 valence electrons. The number of nitrogens with two attached hydrogens (primary N) is 1. The Bertz CT molecular complexity index is 588. The van der Waals surface area contributed by atoms with Crippen LogP contribution in [0.15, 0.2) is 29.2 Å². The van der Waals surface area contributed by atoms with Crippen LogP contribution in [-0.2, 0) is 0 Å². The molecule has 2 aromatic rings. The zero-order chi connectivity index (χ0) is 14.7. The van der Waals surface area contributed by atoms with Gasteiger partial charge in [0.1, 0.15) is 11.6 Å². The van der Waals surface area contributed by atoms with E-state index in [0.29, 0.717) is 11.8 Å². The van der Waals surface area contributed by atoms with Crippen molar-refractivity contribution in [3.63, 3.8) is 0 Å². The van der Waals surface area contributed by atoms with Crippen LogP contribution in [-0.4, -0.2) is 34.2 Å². The number of aromatic hydroxyl groups is 1. The Hall–Kier alpha value is -2.02. The van der Waals surface area contributed by atoms with E-state index in [0.717, 1.165) is 4.90 Å². The Morgan fingerprint density at radius 1 is 1.15 bits per heavy atom. The maximum atomic E-state index is 9.28. The summed E-state index contributed by atoms with van der Waals surface area (Å²) in [5.41, 5.74) is 5.72. The molecule has 0 saturated heterocycles. The molecule has 0 amide bonds. The van der Waals surface area contributed by atoms with Crippen molar-refractivity contribution in [3.05, 3.63) is 30.1 Å². The normalized spacial score (nSPS) is 12.2. The van der Waals surface area contributed by atoms with Gasteiger partial charge in [-0.1, -0.05) is 0 Å². The molecule has 0 spiro atoms. The van der Waals surface area contributed by atoms with Crippen LogP contribution >= 0.6 is 11.8 Å². The van der Waals surface area contributed by atoms with Crippen molar-refractivity contribution in [2.24, 2.45) is 0 Å². The molecule has 1 heterocycles. The monoisotopic (exact) mass is 291 g/mol. The lowest BCUT2D eigenvalue weighted by molar-refractivity contribution is 0.475. The van der Waals surface area contributed by atoms with Crippen molar-refractivity contribution in [3.8, 4) is 5.75 Å². The fourth-order valence-corrected chi connectivity index (χ4v) is 2.47. The number of rotatable bonds is 4. The lowest BCUT2D eigenvalue weighted by atomic mass is 10.3. The quantitative estimate of drug-likeness (QED) is 0.834. The van der Waals surface area contributed by atoms with E-state index >= 15 is 0 Å². The molecule has 1 aromatic carbocycles. The first-order chi connectivity index (χ1) is 9.45. The second-order valence-electron chi connectivity index (χ2n) is 4.50. The molecule has 3 N–H and O–H groups in total. The van der Waals surface area contributed by atoms with E-state index in [1.54, 1.807) is 28.8 Å². The van der Waals surface area contributed by atoms with Crippen LogP contribution < -0.4 is 10.6 Å². The Kier molecular flexibility index (Phi) is 4.29. The highest BCUT2D eigenvalue weighted by Gasteiger charge is 2.14. The van der Waals surface area contributed by atoms with Crippen molar-refractivity contribution < 1.29 is 5.11 Å². The van der Waals surface area contributed by atoms with Gasteiger partial charge in [-0.15, -0.1) is 11.8 Å². The molecule has 0 unspecified atom stereocenters. The SMILES string of the molecule is C[C@H](Sc1ccc(O)cc1)c1nc(N)nc(N(C)C)n1. The van der Waals surface area contributed by atoms with Crippen molar-refractivity contribution in [1.82, 2.24) is 15.0 Å². The second-order valence-corrected chi connectivity index (χ2v) is 5.91. The first-order valence-electron chi connectivity index (χ1n) is 6.10. The summed E-state index contributed by atoms with van der Waals surface area (Å²) in [5.74, 6) is 1.66. The fraction of sp³-hybridized carbons (Fsp3) is 0.308. The summed E-state index contributed by atoms with van der Waals surface area (Å²) < 4.78 is 0. The van der Waals surface area contributed by atoms with Gasteiger partial charge in [0.05, 0.1) is 5.25 Å². The lowest BCUT2D eigenvalue weighted by Crippen LogP contribution is -2.16. The maximum Gasteiger partial charge on any atom is 0.229 e. The third kappa shape index (κ3) is 3.51. The minimum atomic E-state index is 0.0311. The highest BCUT2D eigenvalue weighted by atomic mass is 32.2. The summed E-state index contributed by atoms with van der Waals surface area (Å²) >= 11 is 1.60. The van der Waals surface area contributed by atoms with Crippen molar-refractivity contribution >= 4 is 23.7 Å². The first-order valence-corrected chi connectivity index (χ1v) is 6.98. The van der Waals surface area contributed by atoms with E-state index in [-0.39, 0.29) is 16.9 Å². The molecule has 20 heavy (non-hydrogen) atoms. The van der Waals surface area contributed by atoms with Gasteiger partial charge in [-0.3, -0.25) is 0 Å². The Balaban J connectivity index is 2.20. The second kappa shape index (κ2) is 5.96. The Labute approximate surface area is 122 Å². The largest absolute Gasteiger partial charge is 0.508 e. The molecule has 1 aromatic heterocycles. The molecule has 6 nitrogen and oxygen atoms in total. The molecule has 0 aliphatic heterocycles. The van der Waals surface area contributed by atoms with Gasteiger partial charge in [0.2, 0.25) is 11.9 Å². The van der Waals surface area contributed by atoms with Gasteiger partial charge >= 0.3 is 0 Å². The summed E-state index contributed by atoms with van der Waals surface area (Å²) in [6.45, 7) is 2.01. The molecule has 2 rings (SSSR count). The van der Waals surface area contributed by atoms with Gasteiger partial charge in [0, 0.05) is 19.0 Å². The molecule has 0 aliphatic carbocycles. The van der Waals surface area contributed by atoms with Crippen molar-refractivity contribution in [2.75, 3.05) is 24.7 Å². The van der Waals surface area contributed by atoms with Crippen LogP contribution in [0.25, 0.3) is 0 Å². The summed E-state index contributed by atoms with van der Waals surface area (Å²) in [6, 6.07) is 7.02. The number of thioether (sulfide) groups is 1. The average molecular weight is 291 g/mol. The van der Waals surface area contributed by atoms with E-state index in [1.165, 1.54) is 0 Å². The van der Waals surface area contributed by atoms with E-state index < -0.39 is 0 Å². The summed E-state index contributed by atoms with van der Waals surface area (Å²) in [4.78, 5) is 15.5. The zero-order valence-corrected chi connectivity index (χ0v) is 12.4. The maximum absolute atomic E-state index is 9.28. The average Bonchev–Trinajstić information content (AvgIpc) is 2.40. The first kappa shape index (κ1) is 14.4. The van der Waals surface area contributed by atoms with Crippen molar-refractivity contribution in [1.29, 1.82) is 0 Å². The number of nitrogens with zero attached hydrogens (tertiary/aromatic N) is 4. The minimum absolute atomic E-state index is 0.0311. The van der Waals surface area contributed by atoms with E-state index in [4.69, 9.17) is 5.73 Å². The topological polar surface area (TPSA) is 88.2 Å². The third-order valence-electron chi connectivity index (χ3n) is 2.57. The van der Waals surface area contributed by atoms with Crippen molar-refractivity contribution in [2.45, 2.75) is 17.1 Å². The highest BCUT2D eigenvalue weighted by Crippen LogP contribution is 2.34. The number of benzene rings is 1. The number of hydrogen-bond donors (Lipinski definition) is 2. The number of aromatic nitrogens is 3. The van der Waals surface area contributed by atoms with Crippen LogP contribution in [0.3, 0.4) is 0 Å². The predicted octanol–water partition coefficient (Wildman–Crippen LogP) is 2.08. The van der Waals surface area contributed by atoms with Gasteiger partial charge < -0.3 is 15.7 Å². The fourth-order valence-electron chi connectivity index (χ4n) is 1.56. The Morgan fingerprint density at radius 3 is 2.40 bits per heavy atom. The van der Waals surface area contributed by atoms with Gasteiger partial charge in [0.25, 0.3) is 0 Å². The summed E-state index contributed by atoms with van der Waals surface area (Å²) in [7, 11) is 3.71. The summed E-state index contributed by atoms with van der Waals surface area (Å²) in [5, 5.41) is 9.31. The third-order valence-corrected chi connectivity index (χ3v) is 3.68.